The number of anilines is 2. The zero-order chi connectivity index (χ0) is 26.3. The standard InChI is InChI=1S/C30H31Cl2N5O/c1-2-26-28(37-18-23(32)7-12-27(37)34-26)29(38)33-17-21-3-8-24(9-4-21)35-15-13-30(14-16-35)19-36(20-30)25-10-5-22(31)6-11-25/h3-12,18H,2,13-17,19-20H2,1H3,(H,33,38). The molecule has 2 saturated heterocycles. The normalized spacial score (nSPS) is 16.6. The van der Waals surface area contributed by atoms with Gasteiger partial charge in [-0.25, -0.2) is 4.98 Å². The lowest BCUT2D eigenvalue weighted by Crippen LogP contribution is -2.60. The first-order valence-corrected chi connectivity index (χ1v) is 14.0. The van der Waals surface area contributed by atoms with Crippen molar-refractivity contribution in [3.63, 3.8) is 0 Å². The van der Waals surface area contributed by atoms with Gasteiger partial charge >= 0.3 is 0 Å². The van der Waals surface area contributed by atoms with Crippen molar-refractivity contribution < 1.29 is 4.79 Å². The molecule has 0 aliphatic carbocycles. The molecule has 2 aliphatic rings. The van der Waals surface area contributed by atoms with Gasteiger partial charge in [-0.05, 0) is 73.4 Å². The van der Waals surface area contributed by atoms with Gasteiger partial charge in [0.25, 0.3) is 5.91 Å². The van der Waals surface area contributed by atoms with Crippen LogP contribution in [0.15, 0.2) is 66.9 Å². The van der Waals surface area contributed by atoms with Crippen LogP contribution in [0.1, 0.15) is 41.5 Å². The molecule has 4 heterocycles. The number of amides is 1. The number of rotatable bonds is 6. The summed E-state index contributed by atoms with van der Waals surface area (Å²) in [6.45, 7) is 6.85. The molecule has 38 heavy (non-hydrogen) atoms. The number of nitrogens with one attached hydrogen (secondary N) is 1. The van der Waals surface area contributed by atoms with E-state index in [-0.39, 0.29) is 5.91 Å². The summed E-state index contributed by atoms with van der Waals surface area (Å²) in [6, 6.07) is 20.4. The third kappa shape index (κ3) is 4.83. The van der Waals surface area contributed by atoms with E-state index in [1.807, 2.05) is 25.1 Å². The van der Waals surface area contributed by atoms with Crippen molar-refractivity contribution in [1.29, 1.82) is 0 Å². The number of carbonyl (C=O) groups is 1. The van der Waals surface area contributed by atoms with Crippen LogP contribution in [0.25, 0.3) is 5.65 Å². The molecule has 2 fully saturated rings. The van der Waals surface area contributed by atoms with E-state index in [0.717, 1.165) is 48.1 Å². The molecule has 4 aromatic rings. The van der Waals surface area contributed by atoms with Crippen LogP contribution >= 0.6 is 23.2 Å². The summed E-state index contributed by atoms with van der Waals surface area (Å²) in [4.78, 5) is 22.6. The third-order valence-electron chi connectivity index (χ3n) is 8.03. The molecule has 6 rings (SSSR count). The maximum absolute atomic E-state index is 13.1. The summed E-state index contributed by atoms with van der Waals surface area (Å²) in [5, 5.41) is 4.42. The van der Waals surface area contributed by atoms with Crippen molar-refractivity contribution >= 4 is 46.1 Å². The lowest BCUT2D eigenvalue weighted by Gasteiger charge is -2.55. The molecule has 0 bridgehead atoms. The molecule has 8 heteroatoms. The van der Waals surface area contributed by atoms with E-state index in [1.54, 1.807) is 16.7 Å². The van der Waals surface area contributed by atoms with Crippen molar-refractivity contribution in [3.8, 4) is 0 Å². The minimum atomic E-state index is -0.143. The first-order valence-electron chi connectivity index (χ1n) is 13.2. The predicted octanol–water partition coefficient (Wildman–Crippen LogP) is 6.24. The minimum absolute atomic E-state index is 0.143. The van der Waals surface area contributed by atoms with Crippen LogP contribution in [0.5, 0.6) is 0 Å². The molecule has 196 valence electrons. The van der Waals surface area contributed by atoms with Crippen molar-refractivity contribution in [1.82, 2.24) is 14.7 Å². The number of pyridine rings is 1. The first kappa shape index (κ1) is 25.1. The van der Waals surface area contributed by atoms with Crippen LogP contribution in [-0.2, 0) is 13.0 Å². The zero-order valence-corrected chi connectivity index (χ0v) is 23.0. The number of aromatic nitrogens is 2. The van der Waals surface area contributed by atoms with E-state index >= 15 is 0 Å². The number of hydrogen-bond donors (Lipinski definition) is 1. The Labute approximate surface area is 233 Å². The van der Waals surface area contributed by atoms with Gasteiger partial charge in [-0.15, -0.1) is 0 Å². The Balaban J connectivity index is 1.03. The molecule has 0 saturated carbocycles. The summed E-state index contributed by atoms with van der Waals surface area (Å²) >= 11 is 12.2. The van der Waals surface area contributed by atoms with Crippen LogP contribution in [0.3, 0.4) is 0 Å². The van der Waals surface area contributed by atoms with Gasteiger partial charge in [-0.3, -0.25) is 9.20 Å². The fourth-order valence-electron chi connectivity index (χ4n) is 5.80. The highest BCUT2D eigenvalue weighted by molar-refractivity contribution is 6.30. The highest BCUT2D eigenvalue weighted by atomic mass is 35.5. The van der Waals surface area contributed by atoms with Crippen molar-refractivity contribution in [2.45, 2.75) is 32.7 Å². The molecule has 0 unspecified atom stereocenters. The summed E-state index contributed by atoms with van der Waals surface area (Å²) in [5.74, 6) is -0.143. The van der Waals surface area contributed by atoms with Crippen LogP contribution in [0.4, 0.5) is 11.4 Å². The van der Waals surface area contributed by atoms with Crippen molar-refractivity contribution in [2.24, 2.45) is 5.41 Å². The number of fused-ring (bicyclic) bond motifs is 1. The summed E-state index contributed by atoms with van der Waals surface area (Å²) in [7, 11) is 0. The lowest BCUT2D eigenvalue weighted by molar-refractivity contribution is 0.0944. The van der Waals surface area contributed by atoms with Crippen molar-refractivity contribution in [3.05, 3.63) is 93.9 Å². The monoisotopic (exact) mass is 547 g/mol. The second-order valence-electron chi connectivity index (χ2n) is 10.5. The van der Waals surface area contributed by atoms with Gasteiger partial charge < -0.3 is 15.1 Å². The second kappa shape index (κ2) is 10.2. The highest BCUT2D eigenvalue weighted by Gasteiger charge is 2.44. The maximum atomic E-state index is 13.1. The number of piperidine rings is 1. The Kier molecular flexibility index (Phi) is 6.70. The van der Waals surface area contributed by atoms with Crippen LogP contribution < -0.4 is 15.1 Å². The van der Waals surface area contributed by atoms with E-state index in [2.05, 4.69) is 56.5 Å². The molecule has 2 aliphatic heterocycles. The third-order valence-corrected chi connectivity index (χ3v) is 8.50. The Hall–Kier alpha value is -3.22. The average molecular weight is 549 g/mol. The van der Waals surface area contributed by atoms with Gasteiger partial charge in [0.1, 0.15) is 11.3 Å². The zero-order valence-electron chi connectivity index (χ0n) is 21.5. The number of halogens is 2. The van der Waals surface area contributed by atoms with E-state index in [9.17, 15) is 4.79 Å². The molecule has 0 radical (unpaired) electrons. The molecule has 0 atom stereocenters. The summed E-state index contributed by atoms with van der Waals surface area (Å²) < 4.78 is 1.78. The van der Waals surface area contributed by atoms with Crippen LogP contribution in [0, 0.1) is 5.41 Å². The van der Waals surface area contributed by atoms with Crippen LogP contribution in [-0.4, -0.2) is 41.5 Å². The number of hydrogen-bond acceptors (Lipinski definition) is 4. The van der Waals surface area contributed by atoms with E-state index < -0.39 is 0 Å². The molecule has 2 aromatic carbocycles. The Morgan fingerprint density at radius 1 is 0.895 bits per heavy atom. The number of nitrogens with zero attached hydrogens (tertiary/aromatic N) is 4. The van der Waals surface area contributed by atoms with E-state index in [4.69, 9.17) is 23.2 Å². The summed E-state index contributed by atoms with van der Waals surface area (Å²) in [5.41, 5.74) is 6.05. The van der Waals surface area contributed by atoms with Gasteiger partial charge in [0.15, 0.2) is 0 Å². The quantitative estimate of drug-likeness (QED) is 0.310. The second-order valence-corrected chi connectivity index (χ2v) is 11.4. The molecule has 2 aromatic heterocycles. The topological polar surface area (TPSA) is 52.9 Å². The van der Waals surface area contributed by atoms with Crippen molar-refractivity contribution in [2.75, 3.05) is 36.0 Å². The van der Waals surface area contributed by atoms with Gasteiger partial charge in [0, 0.05) is 60.7 Å². The van der Waals surface area contributed by atoms with Gasteiger partial charge in [-0.2, -0.15) is 0 Å². The van der Waals surface area contributed by atoms with E-state index in [0.29, 0.717) is 29.1 Å². The number of benzene rings is 2. The molecule has 6 nitrogen and oxygen atoms in total. The SMILES string of the molecule is CCc1nc2ccc(Cl)cn2c1C(=O)NCc1ccc(N2CCC3(CC2)CN(c2ccc(Cl)cc2)C3)cc1. The Morgan fingerprint density at radius 2 is 1.53 bits per heavy atom. The van der Waals surface area contributed by atoms with Gasteiger partial charge in [-0.1, -0.05) is 42.3 Å². The Morgan fingerprint density at radius 3 is 2.21 bits per heavy atom. The number of carbonyl (C=O) groups excluding carboxylic acids is 1. The minimum Gasteiger partial charge on any atom is -0.371 e. The largest absolute Gasteiger partial charge is 0.371 e. The number of aryl methyl sites for hydroxylation is 1. The van der Waals surface area contributed by atoms with Gasteiger partial charge in [0.2, 0.25) is 0 Å². The fraction of sp³-hybridized carbons (Fsp3) is 0.333. The molecular formula is C30H31Cl2N5O. The Bertz CT molecular complexity index is 1450. The maximum Gasteiger partial charge on any atom is 0.270 e. The van der Waals surface area contributed by atoms with E-state index in [1.165, 1.54) is 24.2 Å². The molecule has 1 spiro atoms. The predicted molar refractivity (Wildman–Crippen MR) is 155 cm³/mol. The first-order chi connectivity index (χ1) is 18.4. The number of imidazole rings is 1. The summed E-state index contributed by atoms with van der Waals surface area (Å²) in [6.07, 6.45) is 4.83. The fourth-order valence-corrected chi connectivity index (χ4v) is 6.09. The lowest BCUT2D eigenvalue weighted by atomic mass is 9.71. The molecule has 1 N–H and O–H groups in total. The molecule has 1 amide bonds. The highest BCUT2D eigenvalue weighted by Crippen LogP contribution is 2.43. The average Bonchev–Trinajstić information content (AvgIpc) is 3.29. The smallest absolute Gasteiger partial charge is 0.270 e. The van der Waals surface area contributed by atoms with Gasteiger partial charge in [0.05, 0.1) is 10.7 Å². The van der Waals surface area contributed by atoms with Crippen LogP contribution in [0.2, 0.25) is 10.0 Å². The molecular weight excluding hydrogens is 517 g/mol.